The molecular weight excluding hydrogens is 774 g/mol. The van der Waals surface area contributed by atoms with Crippen LogP contribution in [0.2, 0.25) is 5.02 Å². The summed E-state index contributed by atoms with van der Waals surface area (Å²) in [7, 11) is 0. The number of aromatic nitrogens is 4. The maximum absolute atomic E-state index is 15.2. The molecule has 1 fully saturated rings. The van der Waals surface area contributed by atoms with E-state index in [9.17, 15) is 22.4 Å². The number of carbonyl (C=O) groups is 2. The Kier molecular flexibility index (Phi) is 10.6. The van der Waals surface area contributed by atoms with Gasteiger partial charge in [-0.3, -0.25) is 14.5 Å². The van der Waals surface area contributed by atoms with Crippen LogP contribution in [0.5, 0.6) is 0 Å². The highest BCUT2D eigenvalue weighted by atomic mass is 35.5. The van der Waals surface area contributed by atoms with Crippen molar-refractivity contribution in [2.24, 2.45) is 21.6 Å². The molecule has 0 radical (unpaired) electrons. The zero-order valence-electron chi connectivity index (χ0n) is 32.1. The molecule has 1 aliphatic carbocycles. The summed E-state index contributed by atoms with van der Waals surface area (Å²) in [4.78, 5) is 42.9. The molecule has 2 atom stereocenters. The van der Waals surface area contributed by atoms with Crippen molar-refractivity contribution in [1.82, 2.24) is 24.6 Å². The summed E-state index contributed by atoms with van der Waals surface area (Å²) >= 11 is 6.51. The van der Waals surface area contributed by atoms with Crippen LogP contribution in [0.3, 0.4) is 0 Å². The van der Waals surface area contributed by atoms with Crippen molar-refractivity contribution in [3.63, 3.8) is 0 Å². The number of amides is 1. The van der Waals surface area contributed by atoms with Gasteiger partial charge < -0.3 is 10.5 Å². The van der Waals surface area contributed by atoms with Crippen molar-refractivity contribution in [3.05, 3.63) is 118 Å². The average Bonchev–Trinajstić information content (AvgIpc) is 3.72. The molecule has 2 aliphatic rings. The predicted octanol–water partition coefficient (Wildman–Crippen LogP) is 8.70. The van der Waals surface area contributed by atoms with Crippen LogP contribution >= 0.6 is 11.6 Å². The van der Waals surface area contributed by atoms with Gasteiger partial charge >= 0.3 is 5.97 Å². The van der Waals surface area contributed by atoms with E-state index in [1.807, 2.05) is 63.2 Å². The van der Waals surface area contributed by atoms with Gasteiger partial charge in [0.05, 0.1) is 28.7 Å². The molecule has 15 heteroatoms. The number of ether oxygens (including phenoxy) is 1. The number of benzene rings is 3. The molecule has 0 bridgehead atoms. The van der Waals surface area contributed by atoms with Gasteiger partial charge in [-0.15, -0.1) is 0 Å². The Morgan fingerprint density at radius 2 is 1.74 bits per heavy atom. The monoisotopic (exact) mass is 813 g/mol. The second-order valence-corrected chi connectivity index (χ2v) is 16.5. The second kappa shape index (κ2) is 15.2. The molecule has 0 spiro atoms. The molecule has 2 N–H and O–H groups in total. The van der Waals surface area contributed by atoms with Crippen LogP contribution in [-0.4, -0.2) is 55.0 Å². The van der Waals surface area contributed by atoms with E-state index in [0.29, 0.717) is 22.2 Å². The zero-order chi connectivity index (χ0) is 41.6. The molecule has 300 valence electrons. The Morgan fingerprint density at radius 1 is 1.00 bits per heavy atom. The van der Waals surface area contributed by atoms with E-state index >= 15 is 4.79 Å². The lowest BCUT2D eigenvalue weighted by Gasteiger charge is -2.35. The molecule has 0 unspecified atom stereocenters. The van der Waals surface area contributed by atoms with Gasteiger partial charge in [0.2, 0.25) is 0 Å². The van der Waals surface area contributed by atoms with Crippen LogP contribution in [0, 0.1) is 22.7 Å². The maximum Gasteiger partial charge on any atom is 0.306 e. The molecule has 1 aliphatic heterocycles. The number of pyridine rings is 1. The number of hydrogen-bond acceptors (Lipinski definition) is 8. The molecule has 1 saturated carbocycles. The molecule has 7 rings (SSSR count). The Balaban J connectivity index is 1.28. The summed E-state index contributed by atoms with van der Waals surface area (Å²) < 4.78 is 63.3. The molecule has 2 aromatic heterocycles. The lowest BCUT2D eigenvalue weighted by molar-refractivity contribution is -0.153. The fraction of sp³-hybridized carbons (Fsp3) is 0.349. The number of guanidine groups is 1. The molecule has 10 nitrogen and oxygen atoms in total. The number of carbonyl (C=O) groups excluding carboxylic acids is 2. The molecule has 5 aromatic rings. The quantitative estimate of drug-likeness (QED) is 0.0803. The van der Waals surface area contributed by atoms with Crippen LogP contribution < -0.4 is 5.73 Å². The zero-order valence-corrected chi connectivity index (χ0v) is 32.9. The minimum Gasteiger partial charge on any atom is -0.463 e. The van der Waals surface area contributed by atoms with E-state index in [-0.39, 0.29) is 41.5 Å². The van der Waals surface area contributed by atoms with Crippen molar-refractivity contribution in [2.45, 2.75) is 77.3 Å². The van der Waals surface area contributed by atoms with Crippen LogP contribution in [0.15, 0.2) is 90.2 Å². The molecular formula is C43H40ClF4N7O3. The van der Waals surface area contributed by atoms with Gasteiger partial charge in [0, 0.05) is 16.4 Å². The first-order valence-corrected chi connectivity index (χ1v) is 19.0. The van der Waals surface area contributed by atoms with Gasteiger partial charge in [-0.25, -0.2) is 37.2 Å². The average molecular weight is 814 g/mol. The summed E-state index contributed by atoms with van der Waals surface area (Å²) in [5, 5.41) is 4.69. The van der Waals surface area contributed by atoms with E-state index in [0.717, 1.165) is 23.5 Å². The highest BCUT2D eigenvalue weighted by Gasteiger charge is 2.60. The summed E-state index contributed by atoms with van der Waals surface area (Å²) in [5.41, 5.74) is 5.93. The van der Waals surface area contributed by atoms with Crippen LogP contribution in [0.25, 0.3) is 16.6 Å². The molecule has 3 heterocycles. The summed E-state index contributed by atoms with van der Waals surface area (Å²) in [6.45, 7) is 6.11. The lowest BCUT2D eigenvalue weighted by atomic mass is 9.75. The van der Waals surface area contributed by atoms with Crippen LogP contribution in [-0.2, 0) is 19.9 Å². The maximum atomic E-state index is 15.2. The highest BCUT2D eigenvalue weighted by molar-refractivity contribution is 6.32. The van der Waals surface area contributed by atoms with Crippen molar-refractivity contribution in [1.29, 1.82) is 0 Å². The largest absolute Gasteiger partial charge is 0.463 e. The first kappa shape index (κ1) is 40.4. The van der Waals surface area contributed by atoms with Gasteiger partial charge in [0.1, 0.15) is 18.6 Å². The summed E-state index contributed by atoms with van der Waals surface area (Å²) in [5.74, 6) is 0.747. The van der Waals surface area contributed by atoms with Crippen LogP contribution in [0.1, 0.15) is 94.1 Å². The van der Waals surface area contributed by atoms with Crippen molar-refractivity contribution in [2.75, 3.05) is 6.61 Å². The first-order valence-electron chi connectivity index (χ1n) is 18.6. The second-order valence-electron chi connectivity index (χ2n) is 16.0. The lowest BCUT2D eigenvalue weighted by Crippen LogP contribution is -2.47. The first-order chi connectivity index (χ1) is 27.4. The minimum absolute atomic E-state index is 0.00354. The fourth-order valence-electron chi connectivity index (χ4n) is 7.41. The Bertz CT molecular complexity index is 2480. The number of nitrogens with two attached hydrogens (primary N) is 1. The number of aliphatic imine (C=N–C) groups is 1. The van der Waals surface area contributed by atoms with Crippen molar-refractivity contribution in [3.8, 4) is 17.5 Å². The molecule has 0 saturated heterocycles. The van der Waals surface area contributed by atoms with E-state index in [1.165, 1.54) is 23.1 Å². The minimum atomic E-state index is -3.11. The number of nitrogens with zero attached hydrogens (tertiary/aromatic N) is 6. The number of halogens is 5. The van der Waals surface area contributed by atoms with E-state index in [4.69, 9.17) is 32.0 Å². The number of hydrogen-bond donors (Lipinski definition) is 1. The van der Waals surface area contributed by atoms with E-state index < -0.39 is 65.5 Å². The third-order valence-corrected chi connectivity index (χ3v) is 10.8. The predicted molar refractivity (Wildman–Crippen MR) is 210 cm³/mol. The van der Waals surface area contributed by atoms with Gasteiger partial charge in [-0.2, -0.15) is 5.10 Å². The standard InChI is InChI=1S/C43H40ClF4N7O3/c1-40(2,3)24-43(29-13-17-32-27(20-29)11-15-30(52-32)14-10-26-8-6-5-7-9-26)38(57)54(39(49)53-43)34(23-58-35(56)22-42(18-19-42)41(4,47)48)28-12-16-31(44)33(21-28)55-37(36(45)46)50-25-51-55/h5-9,11-13,15-17,20-21,25,34,36H,18-19,22-24H2,1-4H3,(H2,49,53)/t34-,43-/m1/s1. The Morgan fingerprint density at radius 3 is 2.41 bits per heavy atom. The Labute approximate surface area is 337 Å². The summed E-state index contributed by atoms with van der Waals surface area (Å²) in [6.07, 6.45) is -2.08. The SMILES string of the molecule is CC(C)(C)C[C@]1(c2ccc3nc(C#Cc4ccccc4)ccc3c2)N=C(N)N([C@H](COC(=O)CC2(C(C)(F)F)CC2)c2ccc(Cl)c(-n3ncnc3C(F)F)c2)C1=O. The normalized spacial score (nSPS) is 18.2. The van der Waals surface area contributed by atoms with Gasteiger partial charge in [-0.1, -0.05) is 68.6 Å². The van der Waals surface area contributed by atoms with E-state index in [2.05, 4.69) is 21.9 Å². The topological polar surface area (TPSA) is 129 Å². The highest BCUT2D eigenvalue weighted by Crippen LogP contribution is 2.59. The van der Waals surface area contributed by atoms with E-state index in [1.54, 1.807) is 18.2 Å². The molecule has 58 heavy (non-hydrogen) atoms. The number of esters is 1. The Hall–Kier alpha value is -5.81. The summed E-state index contributed by atoms with van der Waals surface area (Å²) in [6, 6.07) is 21.7. The van der Waals surface area contributed by atoms with Gasteiger partial charge in [0.25, 0.3) is 18.3 Å². The van der Waals surface area contributed by atoms with Gasteiger partial charge in [-0.05, 0) is 97.2 Å². The molecule has 3 aromatic carbocycles. The molecule has 1 amide bonds. The third-order valence-electron chi connectivity index (χ3n) is 10.5. The smallest absolute Gasteiger partial charge is 0.306 e. The number of alkyl halides is 4. The fourth-order valence-corrected chi connectivity index (χ4v) is 7.61. The van der Waals surface area contributed by atoms with Gasteiger partial charge in [0.15, 0.2) is 17.3 Å². The third kappa shape index (κ3) is 8.00. The van der Waals surface area contributed by atoms with Crippen molar-refractivity contribution >= 4 is 40.3 Å². The van der Waals surface area contributed by atoms with Crippen molar-refractivity contribution < 1.29 is 31.9 Å². The number of rotatable bonds is 11. The van der Waals surface area contributed by atoms with Crippen LogP contribution in [0.4, 0.5) is 17.6 Å². The number of fused-ring (bicyclic) bond motifs is 1.